The molecule has 0 saturated carbocycles. The van der Waals surface area contributed by atoms with E-state index in [2.05, 4.69) is 6.92 Å². The van der Waals surface area contributed by atoms with Crippen LogP contribution in [0.4, 0.5) is 5.69 Å². The first-order valence-electron chi connectivity index (χ1n) is 12.8. The molecule has 5 nitrogen and oxygen atoms in total. The lowest BCUT2D eigenvalue weighted by Gasteiger charge is -2.25. The maximum atomic E-state index is 12.6. The Kier molecular flexibility index (Phi) is 10.1. The first kappa shape index (κ1) is 26.4. The third-order valence-corrected chi connectivity index (χ3v) is 7.50. The van der Waals surface area contributed by atoms with Gasteiger partial charge in [-0.05, 0) is 75.8 Å². The van der Waals surface area contributed by atoms with Crippen molar-refractivity contribution in [2.24, 2.45) is 0 Å². The highest BCUT2D eigenvalue weighted by atomic mass is 32.1. The van der Waals surface area contributed by atoms with Crippen LogP contribution in [0.2, 0.25) is 0 Å². The van der Waals surface area contributed by atoms with Gasteiger partial charge in [0.05, 0.1) is 12.2 Å². The van der Waals surface area contributed by atoms with E-state index in [0.717, 1.165) is 56.2 Å². The number of unbranched alkanes of at least 4 members (excludes halogenated alkanes) is 3. The minimum absolute atomic E-state index is 0.118. The van der Waals surface area contributed by atoms with Crippen LogP contribution in [0.15, 0.2) is 36.4 Å². The van der Waals surface area contributed by atoms with Crippen molar-refractivity contribution in [3.05, 3.63) is 51.7 Å². The fourth-order valence-electron chi connectivity index (χ4n) is 4.57. The van der Waals surface area contributed by atoms with E-state index >= 15 is 0 Å². The van der Waals surface area contributed by atoms with Crippen LogP contribution in [0.1, 0.15) is 105 Å². The fourth-order valence-corrected chi connectivity index (χ4v) is 5.50. The number of ether oxygens (including phenoxy) is 1. The van der Waals surface area contributed by atoms with Crippen LogP contribution in [-0.4, -0.2) is 29.1 Å². The van der Waals surface area contributed by atoms with Gasteiger partial charge in [0.2, 0.25) is 5.91 Å². The van der Waals surface area contributed by atoms with Gasteiger partial charge < -0.3 is 14.7 Å². The number of carbonyl (C=O) groups is 2. The number of thiophene rings is 1. The number of amides is 1. The molecule has 34 heavy (non-hydrogen) atoms. The van der Waals surface area contributed by atoms with E-state index in [9.17, 15) is 14.7 Å². The van der Waals surface area contributed by atoms with E-state index in [-0.39, 0.29) is 24.0 Å². The number of aryl methyl sites for hydroxylation is 1. The van der Waals surface area contributed by atoms with Crippen molar-refractivity contribution >= 4 is 28.9 Å². The maximum Gasteiger partial charge on any atom is 0.348 e. The maximum absolute atomic E-state index is 12.6. The van der Waals surface area contributed by atoms with Gasteiger partial charge in [-0.2, -0.15) is 0 Å². The summed E-state index contributed by atoms with van der Waals surface area (Å²) < 4.78 is 5.27. The predicted molar refractivity (Wildman–Crippen MR) is 138 cm³/mol. The molecule has 1 aliphatic rings. The summed E-state index contributed by atoms with van der Waals surface area (Å²) in [6.07, 6.45) is 9.05. The first-order valence-corrected chi connectivity index (χ1v) is 13.6. The molecule has 186 valence electrons. The SMILES string of the molecule is CCCCCCC(O)c1ccc(N2C(=O)CCC2CCCc2ccc(C(=O)OC(C)C)s2)cc1. The number of aliphatic hydroxyl groups is 1. The highest BCUT2D eigenvalue weighted by molar-refractivity contribution is 7.13. The fraction of sp³-hybridized carbons (Fsp3) is 0.571. The van der Waals surface area contributed by atoms with E-state index in [1.54, 1.807) is 0 Å². The number of esters is 1. The molecule has 2 heterocycles. The van der Waals surface area contributed by atoms with Crippen LogP contribution in [0.5, 0.6) is 0 Å². The van der Waals surface area contributed by atoms with Crippen molar-refractivity contribution < 1.29 is 19.4 Å². The quantitative estimate of drug-likeness (QED) is 0.249. The molecule has 1 saturated heterocycles. The van der Waals surface area contributed by atoms with Gasteiger partial charge in [-0.1, -0.05) is 44.7 Å². The van der Waals surface area contributed by atoms with Gasteiger partial charge in [-0.15, -0.1) is 11.3 Å². The lowest BCUT2D eigenvalue weighted by atomic mass is 10.0. The molecule has 2 atom stereocenters. The minimum atomic E-state index is -0.440. The number of aliphatic hydroxyl groups excluding tert-OH is 1. The zero-order valence-electron chi connectivity index (χ0n) is 20.8. The van der Waals surface area contributed by atoms with Crippen LogP contribution in [0.3, 0.4) is 0 Å². The highest BCUT2D eigenvalue weighted by Gasteiger charge is 2.31. The van der Waals surface area contributed by atoms with E-state index in [0.29, 0.717) is 11.3 Å². The Hall–Kier alpha value is -2.18. The molecule has 2 unspecified atom stereocenters. The van der Waals surface area contributed by atoms with Crippen LogP contribution >= 0.6 is 11.3 Å². The van der Waals surface area contributed by atoms with E-state index in [4.69, 9.17) is 4.74 Å². The lowest BCUT2D eigenvalue weighted by Crippen LogP contribution is -2.32. The summed E-state index contributed by atoms with van der Waals surface area (Å²) in [5, 5.41) is 10.5. The van der Waals surface area contributed by atoms with Gasteiger partial charge in [0, 0.05) is 23.0 Å². The molecule has 1 aromatic heterocycles. The molecule has 0 radical (unpaired) electrons. The van der Waals surface area contributed by atoms with Gasteiger partial charge in [-0.25, -0.2) is 4.79 Å². The van der Waals surface area contributed by atoms with E-state index < -0.39 is 6.10 Å². The molecule has 3 rings (SSSR count). The van der Waals surface area contributed by atoms with Gasteiger partial charge in [-0.3, -0.25) is 4.79 Å². The third kappa shape index (κ3) is 7.41. The number of nitrogens with zero attached hydrogens (tertiary/aromatic N) is 1. The average molecular weight is 486 g/mol. The second kappa shape index (κ2) is 13.1. The standard InChI is InChI=1S/C28H39NO4S/c1-4-5-6-7-11-25(30)21-12-14-23(15-13-21)29-22(16-19-27(29)31)9-8-10-24-17-18-26(34-24)28(32)33-20(2)3/h12-15,17-18,20,22,25,30H,4-11,16,19H2,1-3H3. The third-order valence-electron chi connectivity index (χ3n) is 6.38. The molecule has 0 aliphatic carbocycles. The summed E-state index contributed by atoms with van der Waals surface area (Å²) in [6, 6.07) is 11.9. The van der Waals surface area contributed by atoms with Crippen LogP contribution in [0, 0.1) is 0 Å². The van der Waals surface area contributed by atoms with Gasteiger partial charge in [0.1, 0.15) is 4.88 Å². The molecule has 2 aromatic rings. The topological polar surface area (TPSA) is 66.8 Å². The number of anilines is 1. The number of carbonyl (C=O) groups excluding carboxylic acids is 2. The summed E-state index contributed by atoms with van der Waals surface area (Å²) in [7, 11) is 0. The summed E-state index contributed by atoms with van der Waals surface area (Å²) in [4.78, 5) is 28.5. The van der Waals surface area contributed by atoms with Crippen LogP contribution in [-0.2, 0) is 16.0 Å². The normalized spacial score (nSPS) is 16.9. The Bertz CT molecular complexity index is 921. The molecule has 0 bridgehead atoms. The minimum Gasteiger partial charge on any atom is -0.459 e. The largest absolute Gasteiger partial charge is 0.459 e. The second-order valence-corrected chi connectivity index (χ2v) is 10.7. The number of rotatable bonds is 13. The average Bonchev–Trinajstić information content (AvgIpc) is 3.43. The monoisotopic (exact) mass is 485 g/mol. The zero-order chi connectivity index (χ0) is 24.5. The second-order valence-electron chi connectivity index (χ2n) is 9.53. The first-order chi connectivity index (χ1) is 16.4. The zero-order valence-corrected chi connectivity index (χ0v) is 21.6. The van der Waals surface area contributed by atoms with Gasteiger partial charge >= 0.3 is 5.97 Å². The molecule has 1 aromatic carbocycles. The summed E-state index contributed by atoms with van der Waals surface area (Å²) >= 11 is 1.50. The molecule has 6 heteroatoms. The van der Waals surface area contributed by atoms with Gasteiger partial charge in [0.25, 0.3) is 0 Å². The van der Waals surface area contributed by atoms with Crippen molar-refractivity contribution in [2.45, 2.75) is 103 Å². The Labute approximate surface area is 208 Å². The molecule has 1 aliphatic heterocycles. The summed E-state index contributed by atoms with van der Waals surface area (Å²) in [5.74, 6) is -0.0824. The van der Waals surface area contributed by atoms with Crippen molar-refractivity contribution in [3.63, 3.8) is 0 Å². The number of hydrogen-bond donors (Lipinski definition) is 1. The molecule has 0 spiro atoms. The van der Waals surface area contributed by atoms with Crippen molar-refractivity contribution in [2.75, 3.05) is 4.90 Å². The molecular weight excluding hydrogens is 446 g/mol. The predicted octanol–water partition coefficient (Wildman–Crippen LogP) is 6.84. The molecule has 1 amide bonds. The molecular formula is C28H39NO4S. The smallest absolute Gasteiger partial charge is 0.348 e. The Balaban J connectivity index is 1.52. The number of benzene rings is 1. The number of hydrogen-bond acceptors (Lipinski definition) is 5. The van der Waals surface area contributed by atoms with Gasteiger partial charge in [0.15, 0.2) is 0 Å². The van der Waals surface area contributed by atoms with E-state index in [1.807, 2.05) is 55.1 Å². The van der Waals surface area contributed by atoms with E-state index in [1.165, 1.54) is 29.1 Å². The van der Waals surface area contributed by atoms with Crippen molar-refractivity contribution in [1.82, 2.24) is 0 Å². The molecule has 1 N–H and O–H groups in total. The Morgan fingerprint density at radius 1 is 1.12 bits per heavy atom. The van der Waals surface area contributed by atoms with Crippen molar-refractivity contribution in [3.8, 4) is 0 Å². The summed E-state index contributed by atoms with van der Waals surface area (Å²) in [6.45, 7) is 5.89. The van der Waals surface area contributed by atoms with Crippen LogP contribution in [0.25, 0.3) is 0 Å². The Morgan fingerprint density at radius 3 is 2.59 bits per heavy atom. The summed E-state index contributed by atoms with van der Waals surface area (Å²) in [5.41, 5.74) is 1.84. The van der Waals surface area contributed by atoms with Crippen molar-refractivity contribution in [1.29, 1.82) is 0 Å². The highest BCUT2D eigenvalue weighted by Crippen LogP contribution is 2.31. The van der Waals surface area contributed by atoms with Crippen LogP contribution < -0.4 is 4.90 Å². The molecule has 1 fully saturated rings. The Morgan fingerprint density at radius 2 is 1.88 bits per heavy atom. The lowest BCUT2D eigenvalue weighted by molar-refractivity contribution is -0.117.